The summed E-state index contributed by atoms with van der Waals surface area (Å²) in [7, 11) is 1.61. The zero-order valence-corrected chi connectivity index (χ0v) is 22.4. The van der Waals surface area contributed by atoms with Gasteiger partial charge in [-0.1, -0.05) is 42.5 Å². The Labute approximate surface area is 229 Å². The van der Waals surface area contributed by atoms with Crippen molar-refractivity contribution in [1.29, 1.82) is 0 Å². The molecule has 1 N–H and O–H groups in total. The summed E-state index contributed by atoms with van der Waals surface area (Å²) in [5.74, 6) is 0.0786. The number of benzene rings is 2. The molecule has 0 spiro atoms. The first-order valence-corrected chi connectivity index (χ1v) is 13.5. The number of likely N-dealkylation sites (N-methyl/N-ethyl adjacent to an activating group) is 1. The summed E-state index contributed by atoms with van der Waals surface area (Å²) in [5, 5.41) is 3.07. The molecule has 0 unspecified atom stereocenters. The third kappa shape index (κ3) is 6.11. The molecule has 0 saturated carbocycles. The van der Waals surface area contributed by atoms with E-state index in [2.05, 4.69) is 10.3 Å². The normalized spacial score (nSPS) is 22.4. The van der Waals surface area contributed by atoms with Crippen LogP contribution in [0.15, 0.2) is 73.1 Å². The molecule has 8 heteroatoms. The lowest BCUT2D eigenvalue weighted by molar-refractivity contribution is -0.133. The molecule has 2 aromatic carbocycles. The van der Waals surface area contributed by atoms with Crippen LogP contribution in [0.25, 0.3) is 11.1 Å². The second-order valence-electron chi connectivity index (χ2n) is 10.4. The monoisotopic (exact) mass is 526 g/mol. The van der Waals surface area contributed by atoms with Crippen molar-refractivity contribution in [3.63, 3.8) is 0 Å². The van der Waals surface area contributed by atoms with Gasteiger partial charge in [0.05, 0.1) is 11.6 Å². The highest BCUT2D eigenvalue weighted by molar-refractivity contribution is 5.98. The third-order valence-corrected chi connectivity index (χ3v) is 7.67. The number of carbonyl (C=O) groups excluding carboxylic acids is 3. The number of aromatic nitrogens is 1. The first-order valence-electron chi connectivity index (χ1n) is 13.5. The number of nitrogens with one attached hydrogen (secondary N) is 1. The summed E-state index contributed by atoms with van der Waals surface area (Å²) in [4.78, 5) is 47.9. The molecule has 5 rings (SSSR count). The van der Waals surface area contributed by atoms with Gasteiger partial charge in [-0.2, -0.15) is 0 Å². The minimum Gasteiger partial charge on any atom is -0.491 e. The number of pyridine rings is 1. The Morgan fingerprint density at radius 2 is 1.77 bits per heavy atom. The van der Waals surface area contributed by atoms with Crippen LogP contribution in [0.5, 0.6) is 5.75 Å². The molecule has 3 heterocycles. The van der Waals surface area contributed by atoms with E-state index >= 15 is 0 Å². The lowest BCUT2D eigenvalue weighted by Gasteiger charge is -2.29. The minimum absolute atomic E-state index is 0.00432. The Balaban J connectivity index is 1.48. The fraction of sp³-hybridized carbons (Fsp3) is 0.355. The maximum atomic E-state index is 13.5. The van der Waals surface area contributed by atoms with Crippen LogP contribution in [0.2, 0.25) is 0 Å². The molecule has 2 aliphatic heterocycles. The predicted octanol–water partition coefficient (Wildman–Crippen LogP) is 3.71. The average molecular weight is 527 g/mol. The van der Waals surface area contributed by atoms with Crippen molar-refractivity contribution in [3.8, 4) is 16.9 Å². The lowest BCUT2D eigenvalue weighted by atomic mass is 10.0. The number of hydrogen-bond donors (Lipinski definition) is 1. The molecule has 8 nitrogen and oxygen atoms in total. The van der Waals surface area contributed by atoms with E-state index < -0.39 is 12.1 Å². The maximum Gasteiger partial charge on any atom is 0.255 e. The quantitative estimate of drug-likeness (QED) is 0.550. The van der Waals surface area contributed by atoms with E-state index in [4.69, 9.17) is 4.74 Å². The molecule has 39 heavy (non-hydrogen) atoms. The molecule has 1 aromatic heterocycles. The Morgan fingerprint density at radius 3 is 2.59 bits per heavy atom. The van der Waals surface area contributed by atoms with Gasteiger partial charge in [0, 0.05) is 44.0 Å². The Hall–Kier alpha value is -4.20. The SMILES string of the molecule is C[C@@H]1C(=O)N[C@@H](Cc2ccccc2)CC(=O)N2CCC[C@H]2COc2cccc(c2)-c2cncc(c2)C(=O)N1C. The molecular weight excluding hydrogens is 492 g/mol. The molecule has 4 bridgehead atoms. The van der Waals surface area contributed by atoms with Gasteiger partial charge in [-0.15, -0.1) is 0 Å². The van der Waals surface area contributed by atoms with E-state index in [9.17, 15) is 14.4 Å². The molecule has 0 radical (unpaired) electrons. The highest BCUT2D eigenvalue weighted by atomic mass is 16.5. The second kappa shape index (κ2) is 11.7. The first-order chi connectivity index (χ1) is 18.9. The van der Waals surface area contributed by atoms with Crippen molar-refractivity contribution in [2.75, 3.05) is 20.2 Å². The maximum absolute atomic E-state index is 13.5. The molecule has 202 valence electrons. The molecule has 3 amide bonds. The van der Waals surface area contributed by atoms with Gasteiger partial charge in [-0.25, -0.2) is 0 Å². The van der Waals surface area contributed by atoms with Crippen LogP contribution in [0, 0.1) is 0 Å². The van der Waals surface area contributed by atoms with E-state index in [0.717, 1.165) is 29.5 Å². The van der Waals surface area contributed by atoms with E-state index in [1.165, 1.54) is 11.1 Å². The number of rotatable bonds is 2. The Bertz CT molecular complexity index is 1350. The van der Waals surface area contributed by atoms with E-state index in [0.29, 0.717) is 30.9 Å². The van der Waals surface area contributed by atoms with Crippen molar-refractivity contribution in [1.82, 2.24) is 20.1 Å². The number of carbonyl (C=O) groups is 3. The topological polar surface area (TPSA) is 91.8 Å². The molecular formula is C31H34N4O4. The number of nitrogens with zero attached hydrogens (tertiary/aromatic N) is 3. The molecule has 0 aliphatic carbocycles. The summed E-state index contributed by atoms with van der Waals surface area (Å²) in [6.45, 7) is 2.76. The third-order valence-electron chi connectivity index (χ3n) is 7.67. The Morgan fingerprint density at radius 1 is 0.974 bits per heavy atom. The largest absolute Gasteiger partial charge is 0.491 e. The van der Waals surface area contributed by atoms with E-state index in [1.54, 1.807) is 26.2 Å². The van der Waals surface area contributed by atoms with Crippen LogP contribution < -0.4 is 10.1 Å². The van der Waals surface area contributed by atoms with Gasteiger partial charge in [0.1, 0.15) is 18.4 Å². The van der Waals surface area contributed by atoms with Crippen LogP contribution in [0.3, 0.4) is 0 Å². The van der Waals surface area contributed by atoms with Crippen molar-refractivity contribution < 1.29 is 19.1 Å². The average Bonchev–Trinajstić information content (AvgIpc) is 3.44. The van der Waals surface area contributed by atoms with Crippen LogP contribution in [0.4, 0.5) is 0 Å². The standard InChI is InChI=1S/C31H34N4O4/c1-21-30(37)33-26(14-22-8-4-3-5-9-22)17-29(36)35-13-7-11-27(35)20-39-28-12-6-10-23(16-28)24-15-25(19-32-18-24)31(38)34(21)2/h3-6,8-10,12,15-16,18-19,21,26-27H,7,11,13-14,17,20H2,1-2H3,(H,33,37)/t21-,26+,27+/m1/s1. The zero-order chi connectivity index (χ0) is 27.4. The van der Waals surface area contributed by atoms with Crippen LogP contribution in [-0.4, -0.2) is 70.8 Å². The van der Waals surface area contributed by atoms with Gasteiger partial charge in [0.2, 0.25) is 11.8 Å². The van der Waals surface area contributed by atoms with Crippen LogP contribution in [0.1, 0.15) is 42.1 Å². The van der Waals surface area contributed by atoms with Crippen molar-refractivity contribution in [3.05, 3.63) is 84.2 Å². The van der Waals surface area contributed by atoms with Gasteiger partial charge < -0.3 is 19.9 Å². The summed E-state index contributed by atoms with van der Waals surface area (Å²) in [5.41, 5.74) is 3.06. The van der Waals surface area contributed by atoms with E-state index in [1.807, 2.05) is 59.5 Å². The first kappa shape index (κ1) is 26.4. The Kier molecular flexibility index (Phi) is 7.91. The zero-order valence-electron chi connectivity index (χ0n) is 22.4. The smallest absolute Gasteiger partial charge is 0.255 e. The number of hydrogen-bond acceptors (Lipinski definition) is 5. The van der Waals surface area contributed by atoms with Crippen molar-refractivity contribution in [2.45, 2.75) is 50.7 Å². The fourth-order valence-corrected chi connectivity index (χ4v) is 5.29. The highest BCUT2D eigenvalue weighted by Crippen LogP contribution is 2.26. The molecule has 2 aliphatic rings. The van der Waals surface area contributed by atoms with Crippen molar-refractivity contribution in [2.24, 2.45) is 0 Å². The molecule has 1 fully saturated rings. The van der Waals surface area contributed by atoms with Crippen LogP contribution >= 0.6 is 0 Å². The van der Waals surface area contributed by atoms with Gasteiger partial charge in [-0.05, 0) is 55.5 Å². The molecule has 3 aromatic rings. The number of ether oxygens (including phenoxy) is 1. The second-order valence-corrected chi connectivity index (χ2v) is 10.4. The minimum atomic E-state index is -0.746. The van der Waals surface area contributed by atoms with Crippen molar-refractivity contribution >= 4 is 17.7 Å². The molecule has 1 saturated heterocycles. The molecule has 3 atom stereocenters. The summed E-state index contributed by atoms with van der Waals surface area (Å²) in [6.07, 6.45) is 5.68. The van der Waals surface area contributed by atoms with Gasteiger partial charge in [-0.3, -0.25) is 19.4 Å². The fourth-order valence-electron chi connectivity index (χ4n) is 5.29. The summed E-state index contributed by atoms with van der Waals surface area (Å²) < 4.78 is 6.16. The van der Waals surface area contributed by atoms with E-state index in [-0.39, 0.29) is 30.2 Å². The summed E-state index contributed by atoms with van der Waals surface area (Å²) >= 11 is 0. The summed E-state index contributed by atoms with van der Waals surface area (Å²) in [6, 6.07) is 18.1. The van der Waals surface area contributed by atoms with Gasteiger partial charge >= 0.3 is 0 Å². The predicted molar refractivity (Wildman–Crippen MR) is 148 cm³/mol. The van der Waals surface area contributed by atoms with Gasteiger partial charge in [0.15, 0.2) is 0 Å². The number of fused-ring (bicyclic) bond motifs is 6. The van der Waals surface area contributed by atoms with Crippen LogP contribution in [-0.2, 0) is 16.0 Å². The highest BCUT2D eigenvalue weighted by Gasteiger charge is 2.32. The number of amides is 3. The van der Waals surface area contributed by atoms with Gasteiger partial charge in [0.25, 0.3) is 5.91 Å². The lowest BCUT2D eigenvalue weighted by Crippen LogP contribution is -2.51.